The van der Waals surface area contributed by atoms with Crippen molar-refractivity contribution in [3.05, 3.63) is 23.8 Å². The minimum Gasteiger partial charge on any atom is -0.378 e. The van der Waals surface area contributed by atoms with Crippen LogP contribution >= 0.6 is 0 Å². The highest BCUT2D eigenvalue weighted by Gasteiger charge is 2.05. The van der Waals surface area contributed by atoms with Crippen molar-refractivity contribution in [2.45, 2.75) is 26.4 Å². The molecular formula is C10H12N2O. The normalized spacial score (nSPS) is 10.5. The van der Waals surface area contributed by atoms with Crippen LogP contribution in [-0.2, 0) is 0 Å². The summed E-state index contributed by atoms with van der Waals surface area (Å²) < 4.78 is 0. The Morgan fingerprint density at radius 2 is 2.15 bits per heavy atom. The van der Waals surface area contributed by atoms with E-state index >= 15 is 0 Å². The van der Waals surface area contributed by atoms with Gasteiger partial charge in [0, 0.05) is 6.20 Å². The molecule has 0 radical (unpaired) electrons. The molecule has 0 amide bonds. The second-order valence-corrected chi connectivity index (χ2v) is 3.30. The van der Waals surface area contributed by atoms with E-state index in [4.69, 9.17) is 0 Å². The van der Waals surface area contributed by atoms with Crippen molar-refractivity contribution in [1.29, 1.82) is 0 Å². The average Bonchev–Trinajstić information content (AvgIpc) is 2.00. The van der Waals surface area contributed by atoms with Gasteiger partial charge in [0.25, 0.3) is 0 Å². The van der Waals surface area contributed by atoms with Gasteiger partial charge in [0.15, 0.2) is 0 Å². The van der Waals surface area contributed by atoms with Crippen LogP contribution in [0.1, 0.15) is 25.4 Å². The van der Waals surface area contributed by atoms with Crippen LogP contribution in [0, 0.1) is 18.8 Å². The van der Waals surface area contributed by atoms with Crippen LogP contribution in [-0.4, -0.2) is 20.7 Å². The van der Waals surface area contributed by atoms with Gasteiger partial charge in [-0.2, -0.15) is 0 Å². The summed E-state index contributed by atoms with van der Waals surface area (Å²) >= 11 is 0. The van der Waals surface area contributed by atoms with Gasteiger partial charge in [-0.25, -0.2) is 9.97 Å². The molecule has 0 aliphatic rings. The first kappa shape index (κ1) is 9.69. The summed E-state index contributed by atoms with van der Waals surface area (Å²) in [6.45, 7) is 5.07. The minimum atomic E-state index is -0.973. The topological polar surface area (TPSA) is 46.0 Å². The fourth-order valence-electron chi connectivity index (χ4n) is 0.743. The lowest BCUT2D eigenvalue weighted by Gasteiger charge is -2.05. The van der Waals surface area contributed by atoms with Crippen molar-refractivity contribution < 1.29 is 5.11 Å². The SMILES string of the molecule is Cc1nccc(C#CC(C)(C)O)n1. The van der Waals surface area contributed by atoms with Crippen LogP contribution in [0.4, 0.5) is 0 Å². The number of nitrogens with zero attached hydrogens (tertiary/aromatic N) is 2. The number of aromatic nitrogens is 2. The number of aliphatic hydroxyl groups is 1. The first-order valence-electron chi connectivity index (χ1n) is 4.02. The molecule has 0 spiro atoms. The Bertz CT molecular complexity index is 355. The van der Waals surface area contributed by atoms with E-state index in [9.17, 15) is 5.11 Å². The molecule has 0 fully saturated rings. The highest BCUT2D eigenvalue weighted by atomic mass is 16.3. The molecule has 1 aromatic rings. The van der Waals surface area contributed by atoms with Crippen LogP contribution in [0.5, 0.6) is 0 Å². The lowest BCUT2D eigenvalue weighted by atomic mass is 10.1. The molecule has 1 aromatic heterocycles. The molecule has 3 nitrogen and oxygen atoms in total. The van der Waals surface area contributed by atoms with Gasteiger partial charge in [-0.3, -0.25) is 0 Å². The first-order chi connectivity index (χ1) is 5.97. The summed E-state index contributed by atoms with van der Waals surface area (Å²) in [6.07, 6.45) is 1.65. The summed E-state index contributed by atoms with van der Waals surface area (Å²) in [5.41, 5.74) is -0.339. The Labute approximate surface area is 77.9 Å². The van der Waals surface area contributed by atoms with Gasteiger partial charge in [0.05, 0.1) is 0 Å². The van der Waals surface area contributed by atoms with Gasteiger partial charge in [0.1, 0.15) is 17.1 Å². The predicted octanol–water partition coefficient (Wildman–Crippen LogP) is 0.907. The molecule has 0 aromatic carbocycles. The van der Waals surface area contributed by atoms with E-state index in [1.165, 1.54) is 0 Å². The maximum atomic E-state index is 9.33. The predicted molar refractivity (Wildman–Crippen MR) is 49.9 cm³/mol. The fourth-order valence-corrected chi connectivity index (χ4v) is 0.743. The molecule has 0 aliphatic heterocycles. The minimum absolute atomic E-state index is 0.634. The number of rotatable bonds is 0. The van der Waals surface area contributed by atoms with E-state index in [0.29, 0.717) is 11.5 Å². The molecule has 0 unspecified atom stereocenters. The van der Waals surface area contributed by atoms with Crippen molar-refractivity contribution in [3.8, 4) is 11.8 Å². The smallest absolute Gasteiger partial charge is 0.126 e. The fraction of sp³-hybridized carbons (Fsp3) is 0.400. The Morgan fingerprint density at radius 3 is 2.69 bits per heavy atom. The zero-order chi connectivity index (χ0) is 9.90. The Balaban J connectivity index is 2.90. The standard InChI is InChI=1S/C10H12N2O/c1-8-11-7-5-9(12-8)4-6-10(2,3)13/h5,7,13H,1-3H3. The van der Waals surface area contributed by atoms with E-state index in [1.54, 1.807) is 33.0 Å². The van der Waals surface area contributed by atoms with Gasteiger partial charge in [-0.1, -0.05) is 5.92 Å². The van der Waals surface area contributed by atoms with Crippen molar-refractivity contribution in [3.63, 3.8) is 0 Å². The third-order valence-corrected chi connectivity index (χ3v) is 1.27. The number of aryl methyl sites for hydroxylation is 1. The Kier molecular flexibility index (Phi) is 2.64. The van der Waals surface area contributed by atoms with Gasteiger partial charge in [0.2, 0.25) is 0 Å². The lowest BCUT2D eigenvalue weighted by Crippen LogP contribution is -2.14. The average molecular weight is 176 g/mol. The highest BCUT2D eigenvalue weighted by molar-refractivity contribution is 5.29. The van der Waals surface area contributed by atoms with Crippen molar-refractivity contribution in [2.75, 3.05) is 0 Å². The van der Waals surface area contributed by atoms with Crippen molar-refractivity contribution >= 4 is 0 Å². The van der Waals surface area contributed by atoms with Gasteiger partial charge in [-0.05, 0) is 32.8 Å². The van der Waals surface area contributed by atoms with Gasteiger partial charge in [-0.15, -0.1) is 0 Å². The van der Waals surface area contributed by atoms with Crippen LogP contribution in [0.2, 0.25) is 0 Å². The van der Waals surface area contributed by atoms with Crippen molar-refractivity contribution in [2.24, 2.45) is 0 Å². The Morgan fingerprint density at radius 1 is 1.46 bits per heavy atom. The van der Waals surface area contributed by atoms with Gasteiger partial charge < -0.3 is 5.11 Å². The summed E-state index contributed by atoms with van der Waals surface area (Å²) in [5.74, 6) is 6.14. The summed E-state index contributed by atoms with van der Waals surface area (Å²) in [5, 5.41) is 9.33. The number of hydrogen-bond donors (Lipinski definition) is 1. The molecular weight excluding hydrogens is 164 g/mol. The Hall–Kier alpha value is -1.40. The van der Waals surface area contributed by atoms with E-state index in [1.807, 2.05) is 0 Å². The van der Waals surface area contributed by atoms with E-state index in [0.717, 1.165) is 0 Å². The highest BCUT2D eigenvalue weighted by Crippen LogP contribution is 1.98. The van der Waals surface area contributed by atoms with E-state index < -0.39 is 5.60 Å². The quantitative estimate of drug-likeness (QED) is 0.597. The molecule has 0 saturated heterocycles. The molecule has 0 aliphatic carbocycles. The van der Waals surface area contributed by atoms with Crippen molar-refractivity contribution in [1.82, 2.24) is 9.97 Å². The second-order valence-electron chi connectivity index (χ2n) is 3.30. The zero-order valence-corrected chi connectivity index (χ0v) is 8.00. The third kappa shape index (κ3) is 3.68. The maximum absolute atomic E-state index is 9.33. The molecule has 1 rings (SSSR count). The summed E-state index contributed by atoms with van der Waals surface area (Å²) in [4.78, 5) is 8.02. The third-order valence-electron chi connectivity index (χ3n) is 1.27. The molecule has 0 saturated carbocycles. The van der Waals surface area contributed by atoms with Crippen LogP contribution < -0.4 is 0 Å². The summed E-state index contributed by atoms with van der Waals surface area (Å²) in [6, 6.07) is 1.71. The zero-order valence-electron chi connectivity index (χ0n) is 8.00. The molecule has 0 atom stereocenters. The largest absolute Gasteiger partial charge is 0.378 e. The van der Waals surface area contributed by atoms with Crippen LogP contribution in [0.25, 0.3) is 0 Å². The van der Waals surface area contributed by atoms with Crippen LogP contribution in [0.15, 0.2) is 12.3 Å². The monoisotopic (exact) mass is 176 g/mol. The lowest BCUT2D eigenvalue weighted by molar-refractivity contribution is 0.143. The second kappa shape index (κ2) is 3.55. The molecule has 68 valence electrons. The van der Waals surface area contributed by atoms with E-state index in [-0.39, 0.29) is 0 Å². The molecule has 3 heteroatoms. The van der Waals surface area contributed by atoms with E-state index in [2.05, 4.69) is 21.8 Å². The first-order valence-corrected chi connectivity index (χ1v) is 4.02. The number of hydrogen-bond acceptors (Lipinski definition) is 3. The molecule has 13 heavy (non-hydrogen) atoms. The maximum Gasteiger partial charge on any atom is 0.126 e. The van der Waals surface area contributed by atoms with Gasteiger partial charge >= 0.3 is 0 Å². The molecule has 0 bridgehead atoms. The summed E-state index contributed by atoms with van der Waals surface area (Å²) in [7, 11) is 0. The molecule has 1 heterocycles. The molecule has 1 N–H and O–H groups in total. The van der Waals surface area contributed by atoms with Crippen LogP contribution in [0.3, 0.4) is 0 Å².